The average molecular weight is 216 g/mol. The van der Waals surface area contributed by atoms with E-state index in [-0.39, 0.29) is 11.9 Å². The first kappa shape index (κ1) is 11.9. The van der Waals surface area contributed by atoms with Crippen molar-refractivity contribution in [1.29, 1.82) is 0 Å². The van der Waals surface area contributed by atoms with Crippen molar-refractivity contribution in [3.63, 3.8) is 0 Å². The van der Waals surface area contributed by atoms with Crippen LogP contribution in [0.25, 0.3) is 0 Å². The van der Waals surface area contributed by atoms with Gasteiger partial charge in [0.15, 0.2) is 0 Å². The van der Waals surface area contributed by atoms with Crippen LogP contribution < -0.4 is 5.73 Å². The van der Waals surface area contributed by atoms with Crippen LogP contribution in [0, 0.1) is 5.92 Å². The van der Waals surface area contributed by atoms with Gasteiger partial charge in [-0.15, -0.1) is 0 Å². The molecule has 0 radical (unpaired) electrons. The highest BCUT2D eigenvalue weighted by molar-refractivity contribution is 7.80. The average Bonchev–Trinajstić information content (AvgIpc) is 2.55. The second-order valence-corrected chi connectivity index (χ2v) is 4.41. The van der Waals surface area contributed by atoms with Crippen LogP contribution in [0.3, 0.4) is 0 Å². The number of nitrogens with two attached hydrogens (primary N) is 1. The van der Waals surface area contributed by atoms with Crippen LogP contribution >= 0.6 is 12.6 Å². The highest BCUT2D eigenvalue weighted by Gasteiger charge is 2.28. The summed E-state index contributed by atoms with van der Waals surface area (Å²) in [7, 11) is 0. The fourth-order valence-electron chi connectivity index (χ4n) is 1.72. The number of nitrogens with zero attached hydrogens (tertiary/aromatic N) is 1. The summed E-state index contributed by atoms with van der Waals surface area (Å²) in [6, 6.07) is 0.234. The van der Waals surface area contributed by atoms with Gasteiger partial charge in [0.05, 0.1) is 0 Å². The summed E-state index contributed by atoms with van der Waals surface area (Å²) in [5, 5.41) is 0. The predicted octanol–water partition coefficient (Wildman–Crippen LogP) is 0.892. The van der Waals surface area contributed by atoms with E-state index >= 15 is 0 Å². The molecule has 2 N–H and O–H groups in total. The monoisotopic (exact) mass is 216 g/mol. The molecule has 1 fully saturated rings. The van der Waals surface area contributed by atoms with Crippen molar-refractivity contribution in [1.82, 2.24) is 4.90 Å². The number of carbonyl (C=O) groups is 1. The Bertz CT molecular complexity index is 199. The first-order valence-electron chi connectivity index (χ1n) is 5.31. The first-order chi connectivity index (χ1) is 6.67. The number of carbonyl (C=O) groups excluding carboxylic acids is 1. The lowest BCUT2D eigenvalue weighted by Gasteiger charge is -2.18. The lowest BCUT2D eigenvalue weighted by atomic mass is 10.1. The molecule has 0 aromatic heterocycles. The highest BCUT2D eigenvalue weighted by Crippen LogP contribution is 2.19. The third-order valence-electron chi connectivity index (χ3n) is 2.85. The van der Waals surface area contributed by atoms with Gasteiger partial charge in [0.1, 0.15) is 0 Å². The Kier molecular flexibility index (Phi) is 4.75. The second-order valence-electron chi connectivity index (χ2n) is 4.05. The maximum absolute atomic E-state index is 11.5. The van der Waals surface area contributed by atoms with E-state index in [0.717, 1.165) is 31.7 Å². The standard InChI is InChI=1S/C10H20N2OS/c1-2-9(11)3-4-12-6-8(7-14)5-10(12)13/h8-9,14H,2-7,11H2,1H3. The van der Waals surface area contributed by atoms with Gasteiger partial charge in [-0.3, -0.25) is 4.79 Å². The van der Waals surface area contributed by atoms with Gasteiger partial charge in [-0.1, -0.05) is 6.92 Å². The van der Waals surface area contributed by atoms with E-state index in [0.29, 0.717) is 12.3 Å². The number of hydrogen-bond acceptors (Lipinski definition) is 3. The van der Waals surface area contributed by atoms with Crippen molar-refractivity contribution < 1.29 is 4.79 Å². The maximum Gasteiger partial charge on any atom is 0.222 e. The molecule has 0 aromatic carbocycles. The lowest BCUT2D eigenvalue weighted by Crippen LogP contribution is -2.31. The Labute approximate surface area is 91.4 Å². The molecule has 14 heavy (non-hydrogen) atoms. The molecule has 82 valence electrons. The van der Waals surface area contributed by atoms with E-state index in [1.807, 2.05) is 4.90 Å². The van der Waals surface area contributed by atoms with E-state index < -0.39 is 0 Å². The van der Waals surface area contributed by atoms with Gasteiger partial charge in [-0.05, 0) is 24.5 Å². The number of hydrogen-bond donors (Lipinski definition) is 2. The van der Waals surface area contributed by atoms with E-state index in [1.165, 1.54) is 0 Å². The number of rotatable bonds is 5. The summed E-state index contributed by atoms with van der Waals surface area (Å²) in [6.07, 6.45) is 2.57. The molecule has 1 aliphatic heterocycles. The predicted molar refractivity (Wildman–Crippen MR) is 61.4 cm³/mol. The van der Waals surface area contributed by atoms with Crippen molar-refractivity contribution in [2.24, 2.45) is 11.7 Å². The molecule has 0 bridgehead atoms. The molecule has 1 rings (SSSR count). The van der Waals surface area contributed by atoms with Gasteiger partial charge in [-0.25, -0.2) is 0 Å². The summed E-state index contributed by atoms with van der Waals surface area (Å²) in [5.74, 6) is 1.53. The largest absolute Gasteiger partial charge is 0.342 e. The summed E-state index contributed by atoms with van der Waals surface area (Å²) >= 11 is 4.22. The van der Waals surface area contributed by atoms with Crippen molar-refractivity contribution in [2.75, 3.05) is 18.8 Å². The van der Waals surface area contributed by atoms with Crippen LogP contribution in [0.5, 0.6) is 0 Å². The Balaban J connectivity index is 2.28. The van der Waals surface area contributed by atoms with E-state index in [4.69, 9.17) is 5.73 Å². The minimum absolute atomic E-state index is 0.234. The van der Waals surface area contributed by atoms with Gasteiger partial charge in [0.2, 0.25) is 5.91 Å². The van der Waals surface area contributed by atoms with Crippen molar-refractivity contribution in [2.45, 2.75) is 32.2 Å². The number of thiol groups is 1. The van der Waals surface area contributed by atoms with Crippen LogP contribution in [0.1, 0.15) is 26.2 Å². The minimum Gasteiger partial charge on any atom is -0.342 e. The van der Waals surface area contributed by atoms with Crippen molar-refractivity contribution >= 4 is 18.5 Å². The quantitative estimate of drug-likeness (QED) is 0.671. The van der Waals surface area contributed by atoms with Crippen LogP contribution in [-0.2, 0) is 4.79 Å². The maximum atomic E-state index is 11.5. The summed E-state index contributed by atoms with van der Waals surface area (Å²) < 4.78 is 0. The van der Waals surface area contributed by atoms with Crippen LogP contribution in [0.15, 0.2) is 0 Å². The second kappa shape index (κ2) is 5.61. The first-order valence-corrected chi connectivity index (χ1v) is 5.94. The fraction of sp³-hybridized carbons (Fsp3) is 0.900. The Morgan fingerprint density at radius 3 is 2.93 bits per heavy atom. The van der Waals surface area contributed by atoms with Crippen molar-refractivity contribution in [3.05, 3.63) is 0 Å². The number of amides is 1. The molecule has 0 saturated carbocycles. The van der Waals surface area contributed by atoms with Crippen LogP contribution in [0.4, 0.5) is 0 Å². The summed E-state index contributed by atoms with van der Waals surface area (Å²) in [4.78, 5) is 13.4. The van der Waals surface area contributed by atoms with Gasteiger partial charge in [0, 0.05) is 25.6 Å². The van der Waals surface area contributed by atoms with Gasteiger partial charge in [0.25, 0.3) is 0 Å². The zero-order chi connectivity index (χ0) is 10.6. The molecule has 2 atom stereocenters. The van der Waals surface area contributed by atoms with Gasteiger partial charge in [-0.2, -0.15) is 12.6 Å². The molecule has 0 aromatic rings. The summed E-state index contributed by atoms with van der Waals surface area (Å²) in [6.45, 7) is 3.77. The Hall–Kier alpha value is -0.220. The molecular weight excluding hydrogens is 196 g/mol. The molecule has 1 aliphatic rings. The summed E-state index contributed by atoms with van der Waals surface area (Å²) in [5.41, 5.74) is 5.81. The highest BCUT2D eigenvalue weighted by atomic mass is 32.1. The van der Waals surface area contributed by atoms with E-state index in [1.54, 1.807) is 0 Å². The normalized spacial score (nSPS) is 24.4. The molecule has 0 spiro atoms. The smallest absolute Gasteiger partial charge is 0.222 e. The minimum atomic E-state index is 0.234. The zero-order valence-corrected chi connectivity index (χ0v) is 9.67. The third kappa shape index (κ3) is 3.17. The van der Waals surface area contributed by atoms with Crippen LogP contribution in [-0.4, -0.2) is 35.7 Å². The Morgan fingerprint density at radius 1 is 1.71 bits per heavy atom. The molecule has 1 heterocycles. The fourth-order valence-corrected chi connectivity index (χ4v) is 1.96. The van der Waals surface area contributed by atoms with Gasteiger partial charge >= 0.3 is 0 Å². The molecule has 2 unspecified atom stereocenters. The molecule has 1 saturated heterocycles. The number of likely N-dealkylation sites (tertiary alicyclic amines) is 1. The van der Waals surface area contributed by atoms with Gasteiger partial charge < -0.3 is 10.6 Å². The van der Waals surface area contributed by atoms with E-state index in [2.05, 4.69) is 19.6 Å². The Morgan fingerprint density at radius 2 is 2.43 bits per heavy atom. The molecule has 1 amide bonds. The van der Waals surface area contributed by atoms with E-state index in [9.17, 15) is 4.79 Å². The molecule has 0 aliphatic carbocycles. The third-order valence-corrected chi connectivity index (χ3v) is 3.36. The molecule has 4 heteroatoms. The topological polar surface area (TPSA) is 46.3 Å². The van der Waals surface area contributed by atoms with Crippen LogP contribution in [0.2, 0.25) is 0 Å². The SMILES string of the molecule is CCC(N)CCN1CC(CS)CC1=O. The lowest BCUT2D eigenvalue weighted by molar-refractivity contribution is -0.127. The zero-order valence-electron chi connectivity index (χ0n) is 8.78. The molecular formula is C10H20N2OS. The molecule has 3 nitrogen and oxygen atoms in total. The van der Waals surface area contributed by atoms with Crippen molar-refractivity contribution in [3.8, 4) is 0 Å².